The molecule has 0 bridgehead atoms. The van der Waals surface area contributed by atoms with E-state index in [1.165, 1.54) is 0 Å². The van der Waals surface area contributed by atoms with Crippen molar-refractivity contribution in [3.8, 4) is 17.6 Å². The first-order valence-electron chi connectivity index (χ1n) is 10.1. The van der Waals surface area contributed by atoms with Crippen LogP contribution in [0.4, 0.5) is 0 Å². The van der Waals surface area contributed by atoms with Gasteiger partial charge < -0.3 is 14.8 Å². The zero-order valence-electron chi connectivity index (χ0n) is 18.1. The van der Waals surface area contributed by atoms with E-state index in [4.69, 9.17) is 21.1 Å². The van der Waals surface area contributed by atoms with Crippen LogP contribution in [-0.2, 0) is 17.8 Å². The fraction of sp³-hybridized carbons (Fsp3) is 0.280. The number of allylic oxidation sites excluding steroid dienone is 1. The Bertz CT molecular complexity index is 1010. The minimum atomic E-state index is -0.417. The van der Waals surface area contributed by atoms with Crippen molar-refractivity contribution >= 4 is 23.6 Å². The van der Waals surface area contributed by atoms with Crippen LogP contribution in [0.1, 0.15) is 37.5 Å². The lowest BCUT2D eigenvalue weighted by Gasteiger charge is -2.17. The van der Waals surface area contributed by atoms with Crippen LogP contribution in [0.25, 0.3) is 6.08 Å². The van der Waals surface area contributed by atoms with Crippen molar-refractivity contribution in [1.82, 2.24) is 5.32 Å². The maximum atomic E-state index is 12.3. The van der Waals surface area contributed by atoms with Gasteiger partial charge in [0.05, 0.1) is 6.61 Å². The summed E-state index contributed by atoms with van der Waals surface area (Å²) in [5, 5.41) is 12.8. The van der Waals surface area contributed by atoms with Gasteiger partial charge in [0.15, 0.2) is 11.5 Å². The normalized spacial score (nSPS) is 11.0. The predicted molar refractivity (Wildman–Crippen MR) is 124 cm³/mol. The van der Waals surface area contributed by atoms with Gasteiger partial charge in [0.1, 0.15) is 18.2 Å². The summed E-state index contributed by atoms with van der Waals surface area (Å²) in [6, 6.07) is 13.0. The number of rotatable bonds is 10. The van der Waals surface area contributed by atoms with Gasteiger partial charge in [-0.05, 0) is 57.0 Å². The summed E-state index contributed by atoms with van der Waals surface area (Å²) in [6.07, 6.45) is 3.84. The van der Waals surface area contributed by atoms with Crippen molar-refractivity contribution in [3.63, 3.8) is 0 Å². The molecule has 1 N–H and O–H groups in total. The number of benzene rings is 2. The second kappa shape index (κ2) is 11.8. The van der Waals surface area contributed by atoms with Gasteiger partial charge in [-0.3, -0.25) is 4.79 Å². The average molecular weight is 439 g/mol. The Hall–Kier alpha value is -3.23. The largest absolute Gasteiger partial charge is 0.490 e. The number of carbonyl (C=O) groups excluding carboxylic acids is 1. The van der Waals surface area contributed by atoms with Crippen LogP contribution in [0, 0.1) is 11.3 Å². The molecule has 0 radical (unpaired) electrons. The van der Waals surface area contributed by atoms with Gasteiger partial charge in [-0.25, -0.2) is 0 Å². The number of ether oxygens (including phenoxy) is 2. The summed E-state index contributed by atoms with van der Waals surface area (Å²) >= 11 is 6.25. The first kappa shape index (κ1) is 24.0. The molecule has 6 heteroatoms. The molecule has 1 amide bonds. The van der Waals surface area contributed by atoms with Gasteiger partial charge in [-0.15, -0.1) is 6.58 Å². The van der Waals surface area contributed by atoms with Crippen molar-refractivity contribution in [3.05, 3.63) is 76.3 Å². The summed E-state index contributed by atoms with van der Waals surface area (Å²) in [7, 11) is 0. The van der Waals surface area contributed by atoms with Crippen molar-refractivity contribution < 1.29 is 14.3 Å². The molecule has 31 heavy (non-hydrogen) atoms. The SMILES string of the molecule is C=CCc1cc(/C=C(/C#N)C(=O)NC(C)C)cc(OCC)c1OCc1ccccc1Cl. The van der Waals surface area contributed by atoms with Crippen molar-refractivity contribution in [2.45, 2.75) is 39.8 Å². The molecule has 0 fully saturated rings. The standard InChI is InChI=1S/C25H27ClN2O3/c1-5-9-19-12-18(13-21(15-27)25(29)28-17(3)4)14-23(30-6-2)24(19)31-16-20-10-7-8-11-22(20)26/h5,7-8,10-14,17H,1,6,9,16H2,2-4H3,(H,28,29)/b21-13-. The molecule has 0 aliphatic rings. The van der Waals surface area contributed by atoms with Crippen LogP contribution in [0.2, 0.25) is 5.02 Å². The van der Waals surface area contributed by atoms with E-state index < -0.39 is 5.91 Å². The lowest BCUT2D eigenvalue weighted by atomic mass is 10.0. The zero-order chi connectivity index (χ0) is 22.8. The molecular weight excluding hydrogens is 412 g/mol. The Balaban J connectivity index is 2.45. The quantitative estimate of drug-likeness (QED) is 0.303. The van der Waals surface area contributed by atoms with E-state index in [0.29, 0.717) is 35.1 Å². The van der Waals surface area contributed by atoms with Crippen LogP contribution in [-0.4, -0.2) is 18.6 Å². The first-order chi connectivity index (χ1) is 14.9. The van der Waals surface area contributed by atoms with E-state index in [1.807, 2.05) is 57.2 Å². The molecule has 162 valence electrons. The number of hydrogen-bond acceptors (Lipinski definition) is 4. The first-order valence-corrected chi connectivity index (χ1v) is 10.5. The Morgan fingerprint density at radius 2 is 2.00 bits per heavy atom. The van der Waals surface area contributed by atoms with E-state index >= 15 is 0 Å². The molecule has 2 aromatic rings. The molecule has 2 rings (SSSR count). The zero-order valence-corrected chi connectivity index (χ0v) is 18.8. The van der Waals surface area contributed by atoms with Crippen LogP contribution < -0.4 is 14.8 Å². The molecule has 0 aliphatic carbocycles. The average Bonchev–Trinajstić information content (AvgIpc) is 2.72. The highest BCUT2D eigenvalue weighted by atomic mass is 35.5. The van der Waals surface area contributed by atoms with E-state index in [9.17, 15) is 10.1 Å². The highest BCUT2D eigenvalue weighted by molar-refractivity contribution is 6.31. The summed E-state index contributed by atoms with van der Waals surface area (Å²) in [4.78, 5) is 12.3. The molecular formula is C25H27ClN2O3. The molecule has 5 nitrogen and oxygen atoms in total. The minimum Gasteiger partial charge on any atom is -0.490 e. The van der Waals surface area contributed by atoms with E-state index in [-0.39, 0.29) is 18.2 Å². The summed E-state index contributed by atoms with van der Waals surface area (Å²) in [6.45, 7) is 10.1. The number of amides is 1. The van der Waals surface area contributed by atoms with Gasteiger partial charge in [0.25, 0.3) is 5.91 Å². The van der Waals surface area contributed by atoms with E-state index in [2.05, 4.69) is 11.9 Å². The van der Waals surface area contributed by atoms with Crippen LogP contribution in [0.15, 0.2) is 54.6 Å². The third-order valence-corrected chi connectivity index (χ3v) is 4.61. The fourth-order valence-corrected chi connectivity index (χ4v) is 3.11. The van der Waals surface area contributed by atoms with E-state index in [0.717, 1.165) is 11.1 Å². The van der Waals surface area contributed by atoms with Crippen LogP contribution in [0.3, 0.4) is 0 Å². The number of nitriles is 1. The van der Waals surface area contributed by atoms with Gasteiger partial charge in [0.2, 0.25) is 0 Å². The molecule has 0 aromatic heterocycles. The highest BCUT2D eigenvalue weighted by Gasteiger charge is 2.16. The second-order valence-electron chi connectivity index (χ2n) is 7.11. The maximum absolute atomic E-state index is 12.3. The van der Waals surface area contributed by atoms with Gasteiger partial charge in [-0.1, -0.05) is 35.9 Å². The van der Waals surface area contributed by atoms with Crippen molar-refractivity contribution in [1.29, 1.82) is 5.26 Å². The molecule has 0 saturated carbocycles. The lowest BCUT2D eigenvalue weighted by molar-refractivity contribution is -0.117. The monoisotopic (exact) mass is 438 g/mol. The molecule has 0 saturated heterocycles. The minimum absolute atomic E-state index is 0.0189. The number of nitrogens with zero attached hydrogens (tertiary/aromatic N) is 1. The smallest absolute Gasteiger partial charge is 0.262 e. The third-order valence-electron chi connectivity index (χ3n) is 4.24. The van der Waals surface area contributed by atoms with Crippen molar-refractivity contribution in [2.75, 3.05) is 6.61 Å². The third kappa shape index (κ3) is 6.91. The predicted octanol–water partition coefficient (Wildman–Crippen LogP) is 5.48. The highest BCUT2D eigenvalue weighted by Crippen LogP contribution is 2.35. The summed E-state index contributed by atoms with van der Waals surface area (Å²) in [5.74, 6) is 0.699. The molecule has 0 aliphatic heterocycles. The molecule has 0 atom stereocenters. The van der Waals surface area contributed by atoms with Crippen molar-refractivity contribution in [2.24, 2.45) is 0 Å². The number of halogens is 1. The molecule has 0 spiro atoms. The van der Waals surface area contributed by atoms with E-state index in [1.54, 1.807) is 18.2 Å². The molecule has 0 heterocycles. The van der Waals surface area contributed by atoms with Gasteiger partial charge >= 0.3 is 0 Å². The van der Waals surface area contributed by atoms with Crippen LogP contribution in [0.5, 0.6) is 11.5 Å². The number of hydrogen-bond donors (Lipinski definition) is 1. The fourth-order valence-electron chi connectivity index (χ4n) is 2.92. The number of nitrogens with one attached hydrogen (secondary N) is 1. The Morgan fingerprint density at radius 3 is 2.61 bits per heavy atom. The molecule has 0 unspecified atom stereocenters. The Labute approximate surface area is 188 Å². The Morgan fingerprint density at radius 1 is 1.26 bits per heavy atom. The lowest BCUT2D eigenvalue weighted by Crippen LogP contribution is -2.30. The van der Waals surface area contributed by atoms with Gasteiger partial charge in [-0.2, -0.15) is 5.26 Å². The van der Waals surface area contributed by atoms with Crippen LogP contribution >= 0.6 is 11.6 Å². The molecule has 2 aromatic carbocycles. The Kier molecular flexibility index (Phi) is 9.17. The summed E-state index contributed by atoms with van der Waals surface area (Å²) in [5.41, 5.74) is 2.38. The van der Waals surface area contributed by atoms with Gasteiger partial charge in [0, 0.05) is 22.2 Å². The topological polar surface area (TPSA) is 71.4 Å². The number of carbonyl (C=O) groups is 1. The maximum Gasteiger partial charge on any atom is 0.262 e. The summed E-state index contributed by atoms with van der Waals surface area (Å²) < 4.78 is 11.9. The second-order valence-corrected chi connectivity index (χ2v) is 7.52.